The molecule has 2 aromatic heterocycles. The Bertz CT molecular complexity index is 1200. The molecule has 0 bridgehead atoms. The van der Waals surface area contributed by atoms with Gasteiger partial charge in [0.1, 0.15) is 17.1 Å². The number of aromatic nitrogens is 4. The van der Waals surface area contributed by atoms with Crippen molar-refractivity contribution in [1.29, 1.82) is 0 Å². The number of fused-ring (bicyclic) bond motifs is 1. The number of sulfonamides is 1. The molecule has 0 amide bonds. The monoisotopic (exact) mass is 393 g/mol. The van der Waals surface area contributed by atoms with Gasteiger partial charge in [-0.3, -0.25) is 13.9 Å². The fourth-order valence-electron chi connectivity index (χ4n) is 2.63. The molecule has 11 heteroatoms. The van der Waals surface area contributed by atoms with Crippen LogP contribution in [0.4, 0.5) is 0 Å². The van der Waals surface area contributed by atoms with Crippen molar-refractivity contribution in [1.82, 2.24) is 23.8 Å². The first-order valence-corrected chi connectivity index (χ1v) is 9.51. The minimum absolute atomic E-state index is 0.0719. The van der Waals surface area contributed by atoms with E-state index in [1.54, 1.807) is 12.1 Å². The van der Waals surface area contributed by atoms with Gasteiger partial charge < -0.3 is 9.72 Å². The molecule has 3 aromatic rings. The molecule has 0 atom stereocenters. The van der Waals surface area contributed by atoms with Gasteiger partial charge in [-0.1, -0.05) is 0 Å². The second-order valence-electron chi connectivity index (χ2n) is 5.91. The number of aryl methyl sites for hydroxylation is 1. The SMILES string of the molecule is COc1ccc(S(=O)(=O)NCCc2nc3c([nH]2)c(=O)n(C)c(=O)n3C)cc1. The van der Waals surface area contributed by atoms with Crippen molar-refractivity contribution < 1.29 is 13.2 Å². The van der Waals surface area contributed by atoms with Crippen molar-refractivity contribution in [3.63, 3.8) is 0 Å². The number of hydrogen-bond acceptors (Lipinski definition) is 6. The van der Waals surface area contributed by atoms with Gasteiger partial charge in [0, 0.05) is 27.1 Å². The van der Waals surface area contributed by atoms with Crippen LogP contribution < -0.4 is 20.7 Å². The normalized spacial score (nSPS) is 11.8. The molecule has 1 aromatic carbocycles. The van der Waals surface area contributed by atoms with E-state index < -0.39 is 21.3 Å². The fraction of sp³-hybridized carbons (Fsp3) is 0.312. The Kier molecular flexibility index (Phi) is 4.89. The number of hydrogen-bond donors (Lipinski definition) is 2. The number of benzene rings is 1. The van der Waals surface area contributed by atoms with Crippen LogP contribution in [-0.4, -0.2) is 41.2 Å². The molecule has 2 N–H and O–H groups in total. The van der Waals surface area contributed by atoms with Gasteiger partial charge in [0.05, 0.1) is 12.0 Å². The number of aromatic amines is 1. The highest BCUT2D eigenvalue weighted by Gasteiger charge is 2.16. The zero-order chi connectivity index (χ0) is 19.8. The molecule has 0 aliphatic rings. The van der Waals surface area contributed by atoms with Crippen LogP contribution in [0, 0.1) is 0 Å². The number of imidazole rings is 1. The summed E-state index contributed by atoms with van der Waals surface area (Å²) in [5.41, 5.74) is -0.528. The minimum atomic E-state index is -3.68. The lowest BCUT2D eigenvalue weighted by molar-refractivity contribution is 0.414. The number of H-pyrrole nitrogens is 1. The standard InChI is InChI=1S/C16H19N5O5S/c1-20-14-13(15(22)21(2)16(20)23)18-12(19-14)8-9-17-27(24,25)11-6-4-10(26-3)5-7-11/h4-7,17H,8-9H2,1-3H3,(H,18,19). The zero-order valence-corrected chi connectivity index (χ0v) is 15.8. The highest BCUT2D eigenvalue weighted by molar-refractivity contribution is 7.89. The van der Waals surface area contributed by atoms with Crippen molar-refractivity contribution >= 4 is 21.2 Å². The molecule has 0 aliphatic heterocycles. The van der Waals surface area contributed by atoms with Crippen molar-refractivity contribution in [2.45, 2.75) is 11.3 Å². The summed E-state index contributed by atoms with van der Waals surface area (Å²) in [6.07, 6.45) is 0.224. The molecule has 0 aliphatic carbocycles. The van der Waals surface area contributed by atoms with E-state index in [0.29, 0.717) is 11.6 Å². The lowest BCUT2D eigenvalue weighted by Crippen LogP contribution is -2.36. The number of methoxy groups -OCH3 is 1. The third-order valence-corrected chi connectivity index (χ3v) is 5.64. The summed E-state index contributed by atoms with van der Waals surface area (Å²) in [6, 6.07) is 6.01. The summed E-state index contributed by atoms with van der Waals surface area (Å²) in [6.45, 7) is 0.0719. The van der Waals surface area contributed by atoms with E-state index in [1.165, 1.54) is 37.9 Å². The Morgan fingerprint density at radius 1 is 1.15 bits per heavy atom. The van der Waals surface area contributed by atoms with Crippen molar-refractivity contribution in [2.24, 2.45) is 14.1 Å². The maximum Gasteiger partial charge on any atom is 0.332 e. The highest BCUT2D eigenvalue weighted by atomic mass is 32.2. The maximum atomic E-state index is 12.3. The Morgan fingerprint density at radius 2 is 1.81 bits per heavy atom. The Labute approximate surface area is 154 Å². The summed E-state index contributed by atoms with van der Waals surface area (Å²) in [5, 5.41) is 0. The molecule has 0 unspecified atom stereocenters. The molecular weight excluding hydrogens is 374 g/mol. The van der Waals surface area contributed by atoms with Crippen LogP contribution in [0.5, 0.6) is 5.75 Å². The molecule has 0 radical (unpaired) electrons. The average Bonchev–Trinajstić information content (AvgIpc) is 3.09. The van der Waals surface area contributed by atoms with E-state index >= 15 is 0 Å². The lowest BCUT2D eigenvalue weighted by atomic mass is 10.3. The van der Waals surface area contributed by atoms with E-state index in [-0.39, 0.29) is 29.0 Å². The summed E-state index contributed by atoms with van der Waals surface area (Å²) < 4.78 is 34.3. The van der Waals surface area contributed by atoms with Gasteiger partial charge in [0.25, 0.3) is 5.56 Å². The Balaban J connectivity index is 1.77. The Morgan fingerprint density at radius 3 is 2.44 bits per heavy atom. The molecule has 0 spiro atoms. The van der Waals surface area contributed by atoms with Gasteiger partial charge in [0.15, 0.2) is 5.65 Å². The third-order valence-electron chi connectivity index (χ3n) is 4.17. The molecule has 2 heterocycles. The van der Waals surface area contributed by atoms with Gasteiger partial charge in [-0.15, -0.1) is 0 Å². The van der Waals surface area contributed by atoms with Gasteiger partial charge in [0.2, 0.25) is 10.0 Å². The molecule has 0 saturated heterocycles. The van der Waals surface area contributed by atoms with E-state index in [0.717, 1.165) is 4.57 Å². The number of nitrogens with one attached hydrogen (secondary N) is 2. The summed E-state index contributed by atoms with van der Waals surface area (Å²) in [7, 11) is 0.712. The van der Waals surface area contributed by atoms with Gasteiger partial charge in [-0.25, -0.2) is 22.9 Å². The molecule has 10 nitrogen and oxygen atoms in total. The van der Waals surface area contributed by atoms with Gasteiger partial charge >= 0.3 is 5.69 Å². The van der Waals surface area contributed by atoms with E-state index in [9.17, 15) is 18.0 Å². The van der Waals surface area contributed by atoms with Crippen LogP contribution in [0.15, 0.2) is 38.8 Å². The second-order valence-corrected chi connectivity index (χ2v) is 7.68. The smallest absolute Gasteiger partial charge is 0.332 e. The summed E-state index contributed by atoms with van der Waals surface area (Å²) >= 11 is 0. The van der Waals surface area contributed by atoms with E-state index in [4.69, 9.17) is 4.74 Å². The first-order chi connectivity index (χ1) is 12.7. The average molecular weight is 393 g/mol. The maximum absolute atomic E-state index is 12.3. The second kappa shape index (κ2) is 7.00. The van der Waals surface area contributed by atoms with Crippen LogP contribution in [0.3, 0.4) is 0 Å². The number of nitrogens with zero attached hydrogens (tertiary/aromatic N) is 3. The Hall–Kier alpha value is -2.92. The minimum Gasteiger partial charge on any atom is -0.497 e. The molecular formula is C16H19N5O5S. The zero-order valence-electron chi connectivity index (χ0n) is 15.0. The molecule has 0 saturated carbocycles. The molecule has 0 fully saturated rings. The predicted molar refractivity (Wildman–Crippen MR) is 98.5 cm³/mol. The molecule has 144 valence electrons. The van der Waals surface area contributed by atoms with E-state index in [1.807, 2.05) is 0 Å². The topological polar surface area (TPSA) is 128 Å². The van der Waals surface area contributed by atoms with Crippen LogP contribution in [0.25, 0.3) is 11.2 Å². The van der Waals surface area contributed by atoms with E-state index in [2.05, 4.69) is 14.7 Å². The van der Waals surface area contributed by atoms with Gasteiger partial charge in [-0.05, 0) is 24.3 Å². The quantitative estimate of drug-likeness (QED) is 0.581. The highest BCUT2D eigenvalue weighted by Crippen LogP contribution is 2.15. The predicted octanol–water partition coefficient (Wildman–Crippen LogP) is -0.510. The third kappa shape index (κ3) is 3.51. The van der Waals surface area contributed by atoms with Crippen LogP contribution >= 0.6 is 0 Å². The number of rotatable bonds is 6. The van der Waals surface area contributed by atoms with Gasteiger partial charge in [-0.2, -0.15) is 0 Å². The van der Waals surface area contributed by atoms with Crippen molar-refractivity contribution in [3.05, 3.63) is 50.9 Å². The summed E-state index contributed by atoms with van der Waals surface area (Å²) in [5.74, 6) is 0.962. The lowest BCUT2D eigenvalue weighted by Gasteiger charge is -2.06. The largest absolute Gasteiger partial charge is 0.497 e. The number of ether oxygens (including phenoxy) is 1. The van der Waals surface area contributed by atoms with Crippen molar-refractivity contribution in [3.8, 4) is 5.75 Å². The molecule has 3 rings (SSSR count). The van der Waals surface area contributed by atoms with Crippen LogP contribution in [-0.2, 0) is 30.5 Å². The first-order valence-electron chi connectivity index (χ1n) is 8.03. The summed E-state index contributed by atoms with van der Waals surface area (Å²) in [4.78, 5) is 31.3. The van der Waals surface area contributed by atoms with Crippen molar-refractivity contribution in [2.75, 3.05) is 13.7 Å². The first kappa shape index (κ1) is 18.9. The fourth-order valence-corrected chi connectivity index (χ4v) is 3.67. The van der Waals surface area contributed by atoms with Crippen LogP contribution in [0.2, 0.25) is 0 Å². The molecule has 27 heavy (non-hydrogen) atoms. The van der Waals surface area contributed by atoms with Crippen LogP contribution in [0.1, 0.15) is 5.82 Å².